The van der Waals surface area contributed by atoms with Crippen molar-refractivity contribution >= 4 is 47.1 Å². The third kappa shape index (κ3) is 6.10. The van der Waals surface area contributed by atoms with E-state index in [0.717, 1.165) is 16.9 Å². The number of hydrazone groups is 1. The number of halogens is 2. The molecule has 1 amide bonds. The summed E-state index contributed by atoms with van der Waals surface area (Å²) in [5.74, 6) is 0.913. The molecule has 0 saturated heterocycles. The van der Waals surface area contributed by atoms with Gasteiger partial charge < -0.3 is 0 Å². The van der Waals surface area contributed by atoms with Gasteiger partial charge in [-0.15, -0.1) is 11.8 Å². The first-order valence-electron chi connectivity index (χ1n) is 6.53. The molecule has 114 valence electrons. The maximum absolute atomic E-state index is 11.7. The SMILES string of the molecule is O=C(CSCc1cccc(Cl)c1)NN=Cc1cccc(Cl)c1. The van der Waals surface area contributed by atoms with Crippen molar-refractivity contribution in [2.24, 2.45) is 5.10 Å². The highest BCUT2D eigenvalue weighted by atomic mass is 35.5. The highest BCUT2D eigenvalue weighted by Gasteiger charge is 2.01. The largest absolute Gasteiger partial charge is 0.272 e. The summed E-state index contributed by atoms with van der Waals surface area (Å²) < 4.78 is 0. The van der Waals surface area contributed by atoms with Gasteiger partial charge in [-0.3, -0.25) is 4.79 Å². The van der Waals surface area contributed by atoms with Gasteiger partial charge >= 0.3 is 0 Å². The summed E-state index contributed by atoms with van der Waals surface area (Å²) in [5, 5.41) is 5.24. The highest BCUT2D eigenvalue weighted by Crippen LogP contribution is 2.16. The maximum atomic E-state index is 11.7. The number of rotatable bonds is 6. The summed E-state index contributed by atoms with van der Waals surface area (Å²) in [7, 11) is 0. The summed E-state index contributed by atoms with van der Waals surface area (Å²) in [5.41, 5.74) is 4.41. The van der Waals surface area contributed by atoms with Crippen molar-refractivity contribution in [1.29, 1.82) is 0 Å². The molecule has 0 aliphatic carbocycles. The minimum atomic E-state index is -0.148. The van der Waals surface area contributed by atoms with Gasteiger partial charge in [-0.25, -0.2) is 5.43 Å². The molecule has 2 rings (SSSR count). The number of amides is 1. The zero-order valence-electron chi connectivity index (χ0n) is 11.6. The Hall–Kier alpha value is -1.49. The van der Waals surface area contributed by atoms with Gasteiger partial charge in [0.1, 0.15) is 0 Å². The first-order valence-corrected chi connectivity index (χ1v) is 8.44. The monoisotopic (exact) mass is 352 g/mol. The van der Waals surface area contributed by atoms with E-state index in [4.69, 9.17) is 23.2 Å². The molecular formula is C16H14Cl2N2OS. The number of carbonyl (C=O) groups excluding carboxylic acids is 1. The molecule has 0 heterocycles. The lowest BCUT2D eigenvalue weighted by Gasteiger charge is -2.02. The predicted octanol–water partition coefficient (Wildman–Crippen LogP) is 4.38. The van der Waals surface area contributed by atoms with Gasteiger partial charge in [0, 0.05) is 15.8 Å². The Morgan fingerprint density at radius 1 is 1.14 bits per heavy atom. The lowest BCUT2D eigenvalue weighted by molar-refractivity contribution is -0.118. The summed E-state index contributed by atoms with van der Waals surface area (Å²) in [4.78, 5) is 11.7. The summed E-state index contributed by atoms with van der Waals surface area (Å²) in [6.45, 7) is 0. The highest BCUT2D eigenvalue weighted by molar-refractivity contribution is 7.99. The van der Waals surface area contributed by atoms with E-state index in [1.807, 2.05) is 36.4 Å². The van der Waals surface area contributed by atoms with Crippen LogP contribution in [0.25, 0.3) is 0 Å². The lowest BCUT2D eigenvalue weighted by Crippen LogP contribution is -2.19. The molecule has 0 spiro atoms. The Balaban J connectivity index is 1.72. The number of nitrogens with one attached hydrogen (secondary N) is 1. The Bertz CT molecular complexity index is 677. The van der Waals surface area contributed by atoms with E-state index in [-0.39, 0.29) is 5.91 Å². The van der Waals surface area contributed by atoms with Gasteiger partial charge in [-0.2, -0.15) is 5.10 Å². The Morgan fingerprint density at radius 2 is 1.86 bits per heavy atom. The summed E-state index contributed by atoms with van der Waals surface area (Å²) in [6, 6.07) is 14.8. The smallest absolute Gasteiger partial charge is 0.250 e. The second-order valence-corrected chi connectivity index (χ2v) is 6.33. The molecule has 0 saturated carbocycles. The van der Waals surface area contributed by atoms with Crippen molar-refractivity contribution in [3.8, 4) is 0 Å². The zero-order valence-corrected chi connectivity index (χ0v) is 14.0. The van der Waals surface area contributed by atoms with Crippen molar-refractivity contribution in [2.45, 2.75) is 5.75 Å². The minimum absolute atomic E-state index is 0.148. The predicted molar refractivity (Wildman–Crippen MR) is 94.8 cm³/mol. The van der Waals surface area contributed by atoms with Crippen molar-refractivity contribution < 1.29 is 4.79 Å². The molecule has 3 nitrogen and oxygen atoms in total. The first-order chi connectivity index (χ1) is 10.6. The molecule has 0 aromatic heterocycles. The van der Waals surface area contributed by atoms with Crippen molar-refractivity contribution in [1.82, 2.24) is 5.43 Å². The van der Waals surface area contributed by atoms with Gasteiger partial charge in [0.05, 0.1) is 12.0 Å². The van der Waals surface area contributed by atoms with Crippen LogP contribution in [-0.4, -0.2) is 17.9 Å². The molecule has 0 unspecified atom stereocenters. The Labute approximate surface area is 143 Å². The summed E-state index contributed by atoms with van der Waals surface area (Å²) >= 11 is 13.3. The van der Waals surface area contributed by atoms with Gasteiger partial charge in [-0.05, 0) is 35.4 Å². The molecule has 0 radical (unpaired) electrons. The molecular weight excluding hydrogens is 339 g/mol. The average molecular weight is 353 g/mol. The van der Waals surface area contributed by atoms with Crippen LogP contribution in [0.1, 0.15) is 11.1 Å². The van der Waals surface area contributed by atoms with Crippen LogP contribution in [-0.2, 0) is 10.5 Å². The zero-order chi connectivity index (χ0) is 15.8. The number of hydrogen-bond donors (Lipinski definition) is 1. The topological polar surface area (TPSA) is 41.5 Å². The first kappa shape index (κ1) is 16.9. The number of nitrogens with zero attached hydrogens (tertiary/aromatic N) is 1. The standard InChI is InChI=1S/C16H14Cl2N2OS/c17-14-5-1-3-12(7-14)9-19-20-16(21)11-22-10-13-4-2-6-15(18)8-13/h1-9H,10-11H2,(H,20,21). The molecule has 0 aliphatic heterocycles. The van der Waals surface area contributed by atoms with Crippen LogP contribution in [0.15, 0.2) is 53.6 Å². The quantitative estimate of drug-likeness (QED) is 0.619. The number of hydrogen-bond acceptors (Lipinski definition) is 3. The van der Waals surface area contributed by atoms with Crippen LogP contribution in [0.2, 0.25) is 10.0 Å². The van der Waals surface area contributed by atoms with Crippen LogP contribution in [0.4, 0.5) is 0 Å². The molecule has 2 aromatic rings. The molecule has 0 fully saturated rings. The molecule has 2 aromatic carbocycles. The average Bonchev–Trinajstić information content (AvgIpc) is 2.47. The van der Waals surface area contributed by atoms with E-state index < -0.39 is 0 Å². The van der Waals surface area contributed by atoms with E-state index in [9.17, 15) is 4.79 Å². The minimum Gasteiger partial charge on any atom is -0.272 e. The van der Waals surface area contributed by atoms with Crippen molar-refractivity contribution in [3.05, 3.63) is 69.7 Å². The fourth-order valence-corrected chi connectivity index (χ4v) is 2.87. The van der Waals surface area contributed by atoms with Crippen LogP contribution >= 0.6 is 35.0 Å². The Morgan fingerprint density at radius 3 is 2.59 bits per heavy atom. The van der Waals surface area contributed by atoms with E-state index in [1.54, 1.807) is 18.3 Å². The fourth-order valence-electron chi connectivity index (χ4n) is 1.69. The van der Waals surface area contributed by atoms with Gasteiger partial charge in [-0.1, -0.05) is 47.5 Å². The van der Waals surface area contributed by atoms with Gasteiger partial charge in [0.15, 0.2) is 0 Å². The lowest BCUT2D eigenvalue weighted by atomic mass is 10.2. The molecule has 6 heteroatoms. The number of benzene rings is 2. The van der Waals surface area contributed by atoms with E-state index in [2.05, 4.69) is 10.5 Å². The van der Waals surface area contributed by atoms with E-state index in [1.165, 1.54) is 11.8 Å². The number of carbonyl (C=O) groups is 1. The molecule has 0 atom stereocenters. The third-order valence-corrected chi connectivity index (χ3v) is 4.12. The molecule has 0 aliphatic rings. The normalized spacial score (nSPS) is 10.8. The summed E-state index contributed by atoms with van der Waals surface area (Å²) in [6.07, 6.45) is 1.56. The third-order valence-electron chi connectivity index (χ3n) is 2.64. The maximum Gasteiger partial charge on any atom is 0.250 e. The fraction of sp³-hybridized carbons (Fsp3) is 0.125. The molecule has 1 N–H and O–H groups in total. The van der Waals surface area contributed by atoms with Crippen molar-refractivity contribution in [3.63, 3.8) is 0 Å². The molecule has 0 bridgehead atoms. The molecule has 22 heavy (non-hydrogen) atoms. The van der Waals surface area contributed by atoms with Crippen molar-refractivity contribution in [2.75, 3.05) is 5.75 Å². The second kappa shape index (κ2) is 8.83. The van der Waals surface area contributed by atoms with Crippen LogP contribution < -0.4 is 5.43 Å². The van der Waals surface area contributed by atoms with Crippen LogP contribution in [0.3, 0.4) is 0 Å². The van der Waals surface area contributed by atoms with Crippen LogP contribution in [0, 0.1) is 0 Å². The van der Waals surface area contributed by atoms with E-state index in [0.29, 0.717) is 15.8 Å². The number of thioether (sulfide) groups is 1. The van der Waals surface area contributed by atoms with Gasteiger partial charge in [0.2, 0.25) is 5.91 Å². The second-order valence-electron chi connectivity index (χ2n) is 4.47. The van der Waals surface area contributed by atoms with Gasteiger partial charge in [0.25, 0.3) is 0 Å². The van der Waals surface area contributed by atoms with Crippen LogP contribution in [0.5, 0.6) is 0 Å². The van der Waals surface area contributed by atoms with E-state index >= 15 is 0 Å². The Kier molecular flexibility index (Phi) is 6.77.